The molecular weight excluding hydrogens is 449 g/mol. The van der Waals surface area contributed by atoms with E-state index in [0.29, 0.717) is 33.6 Å². The molecule has 0 aliphatic heterocycles. The van der Waals surface area contributed by atoms with Crippen LogP contribution >= 0.6 is 0 Å². The molecular formula is C24H17F3N4O3. The number of amides is 1. The Balaban J connectivity index is 1.73. The Labute approximate surface area is 191 Å². The van der Waals surface area contributed by atoms with Crippen LogP contribution in [0.5, 0.6) is 0 Å². The third kappa shape index (κ3) is 4.65. The van der Waals surface area contributed by atoms with Gasteiger partial charge in [0.25, 0.3) is 0 Å². The van der Waals surface area contributed by atoms with E-state index >= 15 is 0 Å². The number of nitrogens with zero attached hydrogens (tertiary/aromatic N) is 3. The third-order valence-electron chi connectivity index (χ3n) is 5.11. The van der Waals surface area contributed by atoms with Gasteiger partial charge in [-0.3, -0.25) is 4.79 Å². The number of halogens is 3. The van der Waals surface area contributed by atoms with E-state index in [1.807, 2.05) is 0 Å². The summed E-state index contributed by atoms with van der Waals surface area (Å²) in [7, 11) is 1.26. The van der Waals surface area contributed by atoms with Gasteiger partial charge >= 0.3 is 12.1 Å². The van der Waals surface area contributed by atoms with Gasteiger partial charge in [0.15, 0.2) is 0 Å². The molecule has 1 aromatic heterocycles. The summed E-state index contributed by atoms with van der Waals surface area (Å²) in [6.45, 7) is 0. The maximum atomic E-state index is 12.8. The van der Waals surface area contributed by atoms with E-state index in [1.54, 1.807) is 48.7 Å². The number of primary amides is 1. The lowest BCUT2D eigenvalue weighted by atomic mass is 9.97. The lowest BCUT2D eigenvalue weighted by molar-refractivity contribution is -0.137. The maximum Gasteiger partial charge on any atom is 0.416 e. The monoisotopic (exact) mass is 466 g/mol. The minimum atomic E-state index is -4.44. The van der Waals surface area contributed by atoms with Crippen molar-refractivity contribution in [3.8, 4) is 28.1 Å². The molecule has 1 amide bonds. The summed E-state index contributed by atoms with van der Waals surface area (Å²) in [5.41, 5.74) is 7.80. The second-order valence-electron chi connectivity index (χ2n) is 7.33. The van der Waals surface area contributed by atoms with Crippen molar-refractivity contribution in [2.24, 2.45) is 5.73 Å². The average molecular weight is 466 g/mol. The fourth-order valence-corrected chi connectivity index (χ4v) is 3.33. The number of esters is 1. The topological polar surface area (TPSA) is 100 Å². The van der Waals surface area contributed by atoms with Crippen LogP contribution in [0.15, 0.2) is 72.9 Å². The zero-order valence-corrected chi connectivity index (χ0v) is 17.7. The number of hydrogen-bond donors (Lipinski definition) is 1. The largest absolute Gasteiger partial charge is 0.465 e. The summed E-state index contributed by atoms with van der Waals surface area (Å²) in [4.78, 5) is 23.6. The van der Waals surface area contributed by atoms with Crippen LogP contribution in [0.1, 0.15) is 26.3 Å². The zero-order chi connectivity index (χ0) is 24.5. The van der Waals surface area contributed by atoms with Crippen LogP contribution in [0, 0.1) is 0 Å². The molecule has 0 radical (unpaired) electrons. The molecule has 0 atom stereocenters. The number of methoxy groups -OCH3 is 1. The van der Waals surface area contributed by atoms with Gasteiger partial charge in [0.05, 0.1) is 30.1 Å². The number of carbonyl (C=O) groups is 2. The Kier molecular flexibility index (Phi) is 5.89. The van der Waals surface area contributed by atoms with Crippen molar-refractivity contribution in [1.82, 2.24) is 15.0 Å². The maximum absolute atomic E-state index is 12.8. The Morgan fingerprint density at radius 2 is 1.53 bits per heavy atom. The Morgan fingerprint density at radius 3 is 2.12 bits per heavy atom. The van der Waals surface area contributed by atoms with E-state index in [9.17, 15) is 22.8 Å². The van der Waals surface area contributed by atoms with E-state index in [0.717, 1.165) is 12.1 Å². The van der Waals surface area contributed by atoms with Crippen molar-refractivity contribution in [3.63, 3.8) is 0 Å². The Morgan fingerprint density at radius 1 is 0.882 bits per heavy atom. The molecule has 2 N–H and O–H groups in total. The van der Waals surface area contributed by atoms with E-state index in [4.69, 9.17) is 10.5 Å². The first-order chi connectivity index (χ1) is 16.2. The SMILES string of the molecule is COC(=O)c1cc(-c2ccc(C(N)=O)cc2)cc(-c2cn(-c3ccc(C(F)(F)F)cc3)nn2)c1. The van der Waals surface area contributed by atoms with Crippen molar-refractivity contribution in [3.05, 3.63) is 89.6 Å². The molecule has 3 aromatic carbocycles. The van der Waals surface area contributed by atoms with Crippen LogP contribution in [0.4, 0.5) is 13.2 Å². The van der Waals surface area contributed by atoms with Gasteiger partial charge < -0.3 is 10.5 Å². The summed E-state index contributed by atoms with van der Waals surface area (Å²) in [6, 6.07) is 16.0. The van der Waals surface area contributed by atoms with E-state index in [-0.39, 0.29) is 5.56 Å². The van der Waals surface area contributed by atoms with Crippen LogP contribution in [-0.4, -0.2) is 34.0 Å². The average Bonchev–Trinajstić information content (AvgIpc) is 3.33. The molecule has 7 nitrogen and oxygen atoms in total. The molecule has 10 heteroatoms. The first kappa shape index (κ1) is 22.7. The quantitative estimate of drug-likeness (QED) is 0.437. The number of alkyl halides is 3. The molecule has 1 heterocycles. The molecule has 0 bridgehead atoms. The number of hydrogen-bond acceptors (Lipinski definition) is 5. The number of nitrogens with two attached hydrogens (primary N) is 1. The second-order valence-corrected chi connectivity index (χ2v) is 7.33. The molecule has 0 unspecified atom stereocenters. The highest BCUT2D eigenvalue weighted by molar-refractivity contribution is 5.94. The Bertz CT molecular complexity index is 1360. The number of aromatic nitrogens is 3. The van der Waals surface area contributed by atoms with Crippen LogP contribution in [0.25, 0.3) is 28.1 Å². The number of benzene rings is 3. The number of ether oxygens (including phenoxy) is 1. The van der Waals surface area contributed by atoms with Gasteiger partial charge in [0.2, 0.25) is 5.91 Å². The van der Waals surface area contributed by atoms with Crippen molar-refractivity contribution >= 4 is 11.9 Å². The standard InChI is InChI=1S/C24H17F3N4O3/c1-34-23(33)18-11-16(14-2-4-15(5-3-14)22(28)32)10-17(12-18)21-13-31(30-29-21)20-8-6-19(7-9-20)24(25,26)27/h2-13H,1H3,(H2,28,32). The summed E-state index contributed by atoms with van der Waals surface area (Å²) in [5.74, 6) is -1.12. The normalized spacial score (nSPS) is 11.3. The molecule has 0 saturated carbocycles. The fourth-order valence-electron chi connectivity index (χ4n) is 3.33. The van der Waals surface area contributed by atoms with Crippen molar-refractivity contribution in [1.29, 1.82) is 0 Å². The van der Waals surface area contributed by atoms with Crippen molar-refractivity contribution in [2.75, 3.05) is 7.11 Å². The van der Waals surface area contributed by atoms with Gasteiger partial charge in [-0.15, -0.1) is 5.10 Å². The predicted octanol–water partition coefficient (Wildman–Crippen LogP) is 4.51. The van der Waals surface area contributed by atoms with Gasteiger partial charge in [-0.05, 0) is 65.7 Å². The first-order valence-electron chi connectivity index (χ1n) is 9.90. The molecule has 0 aliphatic carbocycles. The minimum Gasteiger partial charge on any atom is -0.465 e. The fraction of sp³-hybridized carbons (Fsp3) is 0.0833. The molecule has 34 heavy (non-hydrogen) atoms. The summed E-state index contributed by atoms with van der Waals surface area (Å²) in [5, 5.41) is 8.11. The van der Waals surface area contributed by atoms with Crippen molar-refractivity contribution in [2.45, 2.75) is 6.18 Å². The van der Waals surface area contributed by atoms with Crippen LogP contribution in [0.2, 0.25) is 0 Å². The van der Waals surface area contributed by atoms with Gasteiger partial charge in [0.1, 0.15) is 5.69 Å². The van der Waals surface area contributed by atoms with Gasteiger partial charge in [-0.25, -0.2) is 9.48 Å². The first-order valence-corrected chi connectivity index (χ1v) is 9.90. The van der Waals surface area contributed by atoms with Crippen LogP contribution < -0.4 is 5.73 Å². The minimum absolute atomic E-state index is 0.262. The molecule has 4 aromatic rings. The van der Waals surface area contributed by atoms with Crippen molar-refractivity contribution < 1.29 is 27.5 Å². The smallest absolute Gasteiger partial charge is 0.416 e. The van der Waals surface area contributed by atoms with Crippen LogP contribution in [-0.2, 0) is 10.9 Å². The summed E-state index contributed by atoms with van der Waals surface area (Å²) < 4.78 is 44.7. The predicted molar refractivity (Wildman–Crippen MR) is 117 cm³/mol. The second kappa shape index (κ2) is 8.81. The van der Waals surface area contributed by atoms with Crippen LogP contribution in [0.3, 0.4) is 0 Å². The molecule has 0 spiro atoms. The van der Waals surface area contributed by atoms with Gasteiger partial charge in [0, 0.05) is 11.1 Å². The van der Waals surface area contributed by atoms with E-state index in [1.165, 1.54) is 23.9 Å². The van der Waals surface area contributed by atoms with Gasteiger partial charge in [-0.2, -0.15) is 13.2 Å². The summed E-state index contributed by atoms with van der Waals surface area (Å²) >= 11 is 0. The lowest BCUT2D eigenvalue weighted by Crippen LogP contribution is -2.10. The molecule has 0 fully saturated rings. The number of rotatable bonds is 5. The molecule has 0 aliphatic rings. The van der Waals surface area contributed by atoms with E-state index < -0.39 is 23.6 Å². The highest BCUT2D eigenvalue weighted by Crippen LogP contribution is 2.31. The molecule has 172 valence electrons. The Hall–Kier alpha value is -4.47. The lowest BCUT2D eigenvalue weighted by Gasteiger charge is -2.09. The molecule has 4 rings (SSSR count). The zero-order valence-electron chi connectivity index (χ0n) is 17.7. The van der Waals surface area contributed by atoms with Gasteiger partial charge in [-0.1, -0.05) is 17.3 Å². The summed E-state index contributed by atoms with van der Waals surface area (Å²) in [6.07, 6.45) is -2.90. The highest BCUT2D eigenvalue weighted by Gasteiger charge is 2.30. The third-order valence-corrected chi connectivity index (χ3v) is 5.11. The van der Waals surface area contributed by atoms with E-state index in [2.05, 4.69) is 10.3 Å². The highest BCUT2D eigenvalue weighted by atomic mass is 19.4. The number of carbonyl (C=O) groups excluding carboxylic acids is 2. The molecule has 0 saturated heterocycles.